The zero-order valence-corrected chi connectivity index (χ0v) is 17.2. The molecule has 27 heavy (non-hydrogen) atoms. The van der Waals surface area contributed by atoms with Crippen LogP contribution in [0.15, 0.2) is 29.2 Å². The van der Waals surface area contributed by atoms with Crippen molar-refractivity contribution in [3.63, 3.8) is 0 Å². The lowest BCUT2D eigenvalue weighted by molar-refractivity contribution is -0.169. The lowest BCUT2D eigenvalue weighted by Gasteiger charge is -2.28. The number of phenols is 1. The highest BCUT2D eigenvalue weighted by Gasteiger charge is 2.32. The van der Waals surface area contributed by atoms with E-state index in [2.05, 4.69) is 4.72 Å². The summed E-state index contributed by atoms with van der Waals surface area (Å²) in [7, 11) is -4.13. The van der Waals surface area contributed by atoms with Crippen molar-refractivity contribution in [1.29, 1.82) is 0 Å². The van der Waals surface area contributed by atoms with E-state index in [1.807, 2.05) is 0 Å². The van der Waals surface area contributed by atoms with Gasteiger partial charge in [0.2, 0.25) is 10.0 Å². The number of para-hydroxylation sites is 1. The summed E-state index contributed by atoms with van der Waals surface area (Å²) in [4.78, 5) is 12.0. The van der Waals surface area contributed by atoms with Gasteiger partial charge in [-0.25, -0.2) is 13.1 Å². The van der Waals surface area contributed by atoms with Crippen LogP contribution in [0.5, 0.6) is 5.75 Å². The summed E-state index contributed by atoms with van der Waals surface area (Å²) in [5.74, 6) is -0.998. The van der Waals surface area contributed by atoms with Gasteiger partial charge in [-0.05, 0) is 46.8 Å². The fourth-order valence-corrected chi connectivity index (χ4v) is 3.63. The van der Waals surface area contributed by atoms with Crippen molar-refractivity contribution in [2.75, 3.05) is 13.2 Å². The Morgan fingerprint density at radius 2 is 1.70 bits per heavy atom. The first-order valence-electron chi connectivity index (χ1n) is 8.75. The van der Waals surface area contributed by atoms with Gasteiger partial charge in [-0.15, -0.1) is 0 Å². The second-order valence-corrected chi connectivity index (χ2v) is 8.45. The average molecular weight is 403 g/mol. The maximum atomic E-state index is 12.7. The average Bonchev–Trinajstić information content (AvgIpc) is 2.52. The Kier molecular flexibility index (Phi) is 8.67. The van der Waals surface area contributed by atoms with E-state index in [1.165, 1.54) is 24.3 Å². The molecular weight excluding hydrogens is 374 g/mol. The highest BCUT2D eigenvalue weighted by Crippen LogP contribution is 2.23. The van der Waals surface area contributed by atoms with E-state index in [0.29, 0.717) is 0 Å². The topological polar surface area (TPSA) is 111 Å². The van der Waals surface area contributed by atoms with Gasteiger partial charge in [-0.2, -0.15) is 0 Å². The Bertz CT molecular complexity index is 707. The molecule has 0 radical (unpaired) electrons. The molecule has 0 aromatic heterocycles. The molecule has 1 rings (SSSR count). The monoisotopic (exact) mass is 403 g/mol. The minimum absolute atomic E-state index is 0.258. The minimum Gasteiger partial charge on any atom is -0.507 e. The number of hydrogen-bond acceptors (Lipinski definition) is 7. The van der Waals surface area contributed by atoms with Gasteiger partial charge in [0.25, 0.3) is 0 Å². The first kappa shape index (κ1) is 23.4. The smallest absolute Gasteiger partial charge is 0.308 e. The molecule has 0 heterocycles. The van der Waals surface area contributed by atoms with Crippen molar-refractivity contribution in [2.24, 2.45) is 0 Å². The molecule has 1 atom stereocenters. The second-order valence-electron chi connectivity index (χ2n) is 6.77. The molecule has 1 aromatic rings. The molecule has 0 aliphatic heterocycles. The van der Waals surface area contributed by atoms with Gasteiger partial charge < -0.3 is 19.3 Å². The third-order valence-corrected chi connectivity index (χ3v) is 4.80. The number of sulfonamides is 1. The van der Waals surface area contributed by atoms with Crippen LogP contribution in [0.4, 0.5) is 0 Å². The van der Waals surface area contributed by atoms with Gasteiger partial charge in [-0.1, -0.05) is 12.1 Å². The Balaban J connectivity index is 3.12. The van der Waals surface area contributed by atoms with Gasteiger partial charge in [-0.3, -0.25) is 4.79 Å². The van der Waals surface area contributed by atoms with Crippen LogP contribution in [0.2, 0.25) is 0 Å². The van der Waals surface area contributed by atoms with E-state index in [1.54, 1.807) is 34.6 Å². The van der Waals surface area contributed by atoms with Crippen LogP contribution >= 0.6 is 0 Å². The highest BCUT2D eigenvalue weighted by atomic mass is 32.2. The summed E-state index contributed by atoms with van der Waals surface area (Å²) in [5, 5.41) is 9.87. The number of hydrogen-bond donors (Lipinski definition) is 2. The number of rotatable bonds is 10. The van der Waals surface area contributed by atoms with Crippen molar-refractivity contribution in [2.45, 2.75) is 63.9 Å². The third-order valence-electron chi connectivity index (χ3n) is 3.26. The molecule has 1 aromatic carbocycles. The summed E-state index contributed by atoms with van der Waals surface area (Å²) in [5.41, 5.74) is -0.717. The van der Waals surface area contributed by atoms with Gasteiger partial charge in [0.05, 0.1) is 12.5 Å². The normalized spacial score (nSPS) is 13.6. The van der Waals surface area contributed by atoms with Gasteiger partial charge >= 0.3 is 5.97 Å². The number of benzene rings is 1. The van der Waals surface area contributed by atoms with Crippen LogP contribution in [-0.4, -0.2) is 50.6 Å². The lowest BCUT2D eigenvalue weighted by Crippen LogP contribution is -2.47. The number of ether oxygens (including phenoxy) is 3. The van der Waals surface area contributed by atoms with Crippen LogP contribution in [0.1, 0.15) is 41.0 Å². The Morgan fingerprint density at radius 1 is 1.15 bits per heavy atom. The maximum absolute atomic E-state index is 12.7. The van der Waals surface area contributed by atoms with Crippen molar-refractivity contribution in [1.82, 2.24) is 4.72 Å². The quantitative estimate of drug-likeness (QED) is 0.455. The van der Waals surface area contributed by atoms with Crippen molar-refractivity contribution in [3.05, 3.63) is 24.3 Å². The third kappa shape index (κ3) is 7.84. The Morgan fingerprint density at radius 3 is 2.19 bits per heavy atom. The number of carbonyl (C=O) groups is 1. The van der Waals surface area contributed by atoms with E-state index in [0.717, 1.165) is 0 Å². The summed E-state index contributed by atoms with van der Waals surface area (Å²) >= 11 is 0. The second kappa shape index (κ2) is 10.0. The number of phenolic OH excluding ortho intramolecular Hbond substituents is 1. The maximum Gasteiger partial charge on any atom is 0.308 e. The predicted octanol–water partition coefficient (Wildman–Crippen LogP) is 2.17. The number of aromatic hydroxyl groups is 1. The molecule has 0 fully saturated rings. The van der Waals surface area contributed by atoms with E-state index >= 15 is 0 Å². The first-order chi connectivity index (χ1) is 12.5. The van der Waals surface area contributed by atoms with E-state index in [-0.39, 0.29) is 24.5 Å². The van der Waals surface area contributed by atoms with Crippen molar-refractivity contribution >= 4 is 16.0 Å². The van der Waals surface area contributed by atoms with Crippen LogP contribution < -0.4 is 4.72 Å². The molecule has 8 nitrogen and oxygen atoms in total. The van der Waals surface area contributed by atoms with Crippen LogP contribution in [0.3, 0.4) is 0 Å². The van der Waals surface area contributed by atoms with E-state index < -0.39 is 39.7 Å². The van der Waals surface area contributed by atoms with Crippen LogP contribution in [-0.2, 0) is 29.0 Å². The minimum atomic E-state index is -4.13. The molecule has 0 spiro atoms. The largest absolute Gasteiger partial charge is 0.507 e. The number of carbonyl (C=O) groups excluding carboxylic acids is 1. The molecule has 0 aliphatic carbocycles. The molecule has 0 amide bonds. The number of esters is 1. The summed E-state index contributed by atoms with van der Waals surface area (Å²) < 4.78 is 44.0. The molecule has 0 saturated carbocycles. The van der Waals surface area contributed by atoms with Gasteiger partial charge in [0.1, 0.15) is 16.2 Å². The summed E-state index contributed by atoms with van der Waals surface area (Å²) in [6.07, 6.45) is -1.29. The van der Waals surface area contributed by atoms with Gasteiger partial charge in [0, 0.05) is 13.2 Å². The summed E-state index contributed by atoms with van der Waals surface area (Å²) in [6, 6.07) is 4.48. The van der Waals surface area contributed by atoms with Crippen LogP contribution in [0, 0.1) is 0 Å². The van der Waals surface area contributed by atoms with E-state index in [9.17, 15) is 18.3 Å². The SMILES string of the molecule is CCOC(OCC)C(CC(=O)OC(C)(C)C)NS(=O)(=O)c1ccccc1O. The standard InChI is InChI=1S/C18H29NO7S/c1-6-24-17(25-7-2)13(12-16(21)26-18(3,4)5)19-27(22,23)15-11-9-8-10-14(15)20/h8-11,13,17,19-20H,6-7,12H2,1-5H3. The molecule has 154 valence electrons. The molecule has 0 bridgehead atoms. The van der Waals surface area contributed by atoms with E-state index in [4.69, 9.17) is 14.2 Å². The van der Waals surface area contributed by atoms with Crippen LogP contribution in [0.25, 0.3) is 0 Å². The fourth-order valence-electron chi connectivity index (χ4n) is 2.31. The predicted molar refractivity (Wildman–Crippen MR) is 99.7 cm³/mol. The molecule has 0 saturated heterocycles. The molecule has 2 N–H and O–H groups in total. The lowest BCUT2D eigenvalue weighted by atomic mass is 10.1. The van der Waals surface area contributed by atoms with Crippen molar-refractivity contribution < 1.29 is 32.5 Å². The Hall–Kier alpha value is -1.68. The first-order valence-corrected chi connectivity index (χ1v) is 10.2. The molecular formula is C18H29NO7S. The molecule has 0 aliphatic rings. The number of nitrogens with one attached hydrogen (secondary N) is 1. The Labute approximate surface area is 160 Å². The zero-order chi connectivity index (χ0) is 20.7. The summed E-state index contributed by atoms with van der Waals surface area (Å²) in [6.45, 7) is 9.13. The van der Waals surface area contributed by atoms with Crippen molar-refractivity contribution in [3.8, 4) is 5.75 Å². The highest BCUT2D eigenvalue weighted by molar-refractivity contribution is 7.89. The zero-order valence-electron chi connectivity index (χ0n) is 16.4. The van der Waals surface area contributed by atoms with Gasteiger partial charge in [0.15, 0.2) is 6.29 Å². The fraction of sp³-hybridized carbons (Fsp3) is 0.611. The molecule has 9 heteroatoms. The molecule has 1 unspecified atom stereocenters.